The van der Waals surface area contributed by atoms with E-state index in [1.807, 2.05) is 59.2 Å². The zero-order valence-electron chi connectivity index (χ0n) is 14.2. The summed E-state index contributed by atoms with van der Waals surface area (Å²) in [4.78, 5) is 15.1. The van der Waals surface area contributed by atoms with Gasteiger partial charge in [-0.25, -0.2) is 4.68 Å². The molecular weight excluding hydrogens is 314 g/mol. The Labute approximate surface area is 146 Å². The predicted octanol–water partition coefficient (Wildman–Crippen LogP) is 2.85. The van der Waals surface area contributed by atoms with Crippen molar-refractivity contribution in [3.8, 4) is 5.69 Å². The van der Waals surface area contributed by atoms with E-state index in [4.69, 9.17) is 0 Å². The first kappa shape index (κ1) is 15.6. The lowest BCUT2D eigenvalue weighted by molar-refractivity contribution is 0.0673. The van der Waals surface area contributed by atoms with Gasteiger partial charge in [-0.1, -0.05) is 12.1 Å². The number of piperidine rings is 1. The number of carbonyl (C=O) groups is 1. The van der Waals surface area contributed by atoms with E-state index in [1.54, 1.807) is 10.9 Å². The average molecular weight is 335 g/mol. The maximum Gasteiger partial charge on any atom is 0.256 e. The number of benzene rings is 1. The third-order valence-corrected chi connectivity index (χ3v) is 4.67. The normalized spacial score (nSPS) is 17.6. The SMILES string of the molecule is Cc1cnn(C2CCCN(C(=O)c3ccccc3-n3cccn3)C2)c1. The van der Waals surface area contributed by atoms with Crippen LogP contribution in [0.4, 0.5) is 0 Å². The average Bonchev–Trinajstić information content (AvgIpc) is 3.33. The van der Waals surface area contributed by atoms with Crippen LogP contribution in [0.5, 0.6) is 0 Å². The van der Waals surface area contributed by atoms with Crippen LogP contribution in [0.25, 0.3) is 5.69 Å². The Balaban J connectivity index is 1.59. The number of nitrogens with zero attached hydrogens (tertiary/aromatic N) is 5. The Bertz CT molecular complexity index is 868. The molecule has 0 aliphatic carbocycles. The third kappa shape index (κ3) is 3.07. The Morgan fingerprint density at radius 1 is 1.20 bits per heavy atom. The van der Waals surface area contributed by atoms with Crippen LogP contribution in [0, 0.1) is 6.92 Å². The molecule has 128 valence electrons. The summed E-state index contributed by atoms with van der Waals surface area (Å²) < 4.78 is 3.74. The van der Waals surface area contributed by atoms with Gasteiger partial charge in [0, 0.05) is 31.7 Å². The van der Waals surface area contributed by atoms with E-state index in [0.717, 1.165) is 30.6 Å². The summed E-state index contributed by atoms with van der Waals surface area (Å²) >= 11 is 0. The second kappa shape index (κ2) is 6.55. The highest BCUT2D eigenvalue weighted by Gasteiger charge is 2.27. The number of aromatic nitrogens is 4. The van der Waals surface area contributed by atoms with Gasteiger partial charge < -0.3 is 4.90 Å². The highest BCUT2D eigenvalue weighted by Crippen LogP contribution is 2.24. The van der Waals surface area contributed by atoms with Crippen LogP contribution in [0.2, 0.25) is 0 Å². The van der Waals surface area contributed by atoms with Crippen molar-refractivity contribution in [1.82, 2.24) is 24.5 Å². The molecule has 1 aromatic carbocycles. The fourth-order valence-corrected chi connectivity index (χ4v) is 3.42. The van der Waals surface area contributed by atoms with Gasteiger partial charge in [0.15, 0.2) is 0 Å². The van der Waals surface area contributed by atoms with E-state index in [1.165, 1.54) is 0 Å². The molecule has 1 amide bonds. The van der Waals surface area contributed by atoms with Crippen molar-refractivity contribution in [2.45, 2.75) is 25.8 Å². The van der Waals surface area contributed by atoms with Gasteiger partial charge in [-0.2, -0.15) is 10.2 Å². The topological polar surface area (TPSA) is 56.0 Å². The van der Waals surface area contributed by atoms with Crippen LogP contribution < -0.4 is 0 Å². The van der Waals surface area contributed by atoms with E-state index in [-0.39, 0.29) is 11.9 Å². The van der Waals surface area contributed by atoms with Gasteiger partial charge in [0.05, 0.1) is 23.5 Å². The molecule has 0 bridgehead atoms. The number of likely N-dealkylation sites (tertiary alicyclic amines) is 1. The highest BCUT2D eigenvalue weighted by atomic mass is 16.2. The van der Waals surface area contributed by atoms with E-state index in [2.05, 4.69) is 16.4 Å². The Kier molecular flexibility index (Phi) is 4.09. The van der Waals surface area contributed by atoms with Crippen molar-refractivity contribution in [3.05, 3.63) is 66.2 Å². The molecule has 1 fully saturated rings. The third-order valence-electron chi connectivity index (χ3n) is 4.67. The van der Waals surface area contributed by atoms with E-state index in [9.17, 15) is 4.79 Å². The van der Waals surface area contributed by atoms with Gasteiger partial charge in [-0.15, -0.1) is 0 Å². The summed E-state index contributed by atoms with van der Waals surface area (Å²) in [7, 11) is 0. The molecule has 0 radical (unpaired) electrons. The smallest absolute Gasteiger partial charge is 0.256 e. The van der Waals surface area contributed by atoms with Gasteiger partial charge in [0.1, 0.15) is 0 Å². The molecule has 4 rings (SSSR count). The number of amides is 1. The van der Waals surface area contributed by atoms with Crippen LogP contribution in [0.3, 0.4) is 0 Å². The van der Waals surface area contributed by atoms with E-state index in [0.29, 0.717) is 12.1 Å². The minimum Gasteiger partial charge on any atom is -0.336 e. The number of hydrogen-bond donors (Lipinski definition) is 0. The summed E-state index contributed by atoms with van der Waals surface area (Å²) in [5.74, 6) is 0.0553. The molecule has 1 aliphatic heterocycles. The molecule has 1 unspecified atom stereocenters. The Morgan fingerprint density at radius 2 is 2.08 bits per heavy atom. The van der Waals surface area contributed by atoms with Crippen molar-refractivity contribution in [2.24, 2.45) is 0 Å². The standard InChI is InChI=1S/C19H21N5O/c1-15-12-21-24(13-15)16-6-4-10-22(14-16)19(25)17-7-2-3-8-18(17)23-11-5-9-20-23/h2-3,5,7-9,11-13,16H,4,6,10,14H2,1H3. The largest absolute Gasteiger partial charge is 0.336 e. The number of aryl methyl sites for hydroxylation is 1. The second-order valence-electron chi connectivity index (χ2n) is 6.51. The van der Waals surface area contributed by atoms with Crippen molar-refractivity contribution in [1.29, 1.82) is 0 Å². The summed E-state index contributed by atoms with van der Waals surface area (Å²) in [6, 6.07) is 9.73. The van der Waals surface area contributed by atoms with Crippen LogP contribution in [0.15, 0.2) is 55.1 Å². The maximum absolute atomic E-state index is 13.2. The molecule has 6 heteroatoms. The molecule has 6 nitrogen and oxygen atoms in total. The van der Waals surface area contributed by atoms with Crippen molar-refractivity contribution in [3.63, 3.8) is 0 Å². The number of hydrogen-bond acceptors (Lipinski definition) is 3. The van der Waals surface area contributed by atoms with Crippen molar-refractivity contribution in [2.75, 3.05) is 13.1 Å². The molecule has 0 N–H and O–H groups in total. The zero-order valence-corrected chi connectivity index (χ0v) is 14.2. The van der Waals surface area contributed by atoms with Crippen molar-refractivity contribution >= 4 is 5.91 Å². The van der Waals surface area contributed by atoms with Crippen LogP contribution in [-0.4, -0.2) is 43.5 Å². The molecule has 3 aromatic rings. The van der Waals surface area contributed by atoms with E-state index < -0.39 is 0 Å². The Hall–Kier alpha value is -2.89. The number of para-hydroxylation sites is 1. The lowest BCUT2D eigenvalue weighted by Gasteiger charge is -2.33. The summed E-state index contributed by atoms with van der Waals surface area (Å²) in [5.41, 5.74) is 2.64. The highest BCUT2D eigenvalue weighted by molar-refractivity contribution is 5.97. The molecule has 1 atom stereocenters. The van der Waals surface area contributed by atoms with Crippen LogP contribution in [-0.2, 0) is 0 Å². The number of carbonyl (C=O) groups excluding carboxylic acids is 1. The molecule has 1 aliphatic rings. The fraction of sp³-hybridized carbons (Fsp3) is 0.316. The summed E-state index contributed by atoms with van der Waals surface area (Å²) in [6.07, 6.45) is 9.53. The van der Waals surface area contributed by atoms with Crippen LogP contribution in [0.1, 0.15) is 34.8 Å². The van der Waals surface area contributed by atoms with Crippen molar-refractivity contribution < 1.29 is 4.79 Å². The summed E-state index contributed by atoms with van der Waals surface area (Å²) in [6.45, 7) is 3.51. The second-order valence-corrected chi connectivity index (χ2v) is 6.51. The maximum atomic E-state index is 13.2. The zero-order chi connectivity index (χ0) is 17.2. The van der Waals surface area contributed by atoms with E-state index >= 15 is 0 Å². The molecule has 25 heavy (non-hydrogen) atoms. The minimum absolute atomic E-state index is 0.0553. The molecule has 1 saturated heterocycles. The first-order chi connectivity index (χ1) is 12.2. The molecule has 2 aromatic heterocycles. The van der Waals surface area contributed by atoms with Gasteiger partial charge in [0.25, 0.3) is 5.91 Å². The minimum atomic E-state index is 0.0553. The van der Waals surface area contributed by atoms with Gasteiger partial charge in [-0.3, -0.25) is 9.48 Å². The quantitative estimate of drug-likeness (QED) is 0.739. The molecule has 0 spiro atoms. The predicted molar refractivity (Wildman–Crippen MR) is 94.7 cm³/mol. The van der Waals surface area contributed by atoms with Gasteiger partial charge in [-0.05, 0) is 43.5 Å². The lowest BCUT2D eigenvalue weighted by Crippen LogP contribution is -2.41. The first-order valence-electron chi connectivity index (χ1n) is 8.61. The van der Waals surface area contributed by atoms with Gasteiger partial charge in [0.2, 0.25) is 0 Å². The monoisotopic (exact) mass is 335 g/mol. The first-order valence-corrected chi connectivity index (χ1v) is 8.61. The molecular formula is C19H21N5O. The fourth-order valence-electron chi connectivity index (χ4n) is 3.42. The lowest BCUT2D eigenvalue weighted by atomic mass is 10.0. The summed E-state index contributed by atoms with van der Waals surface area (Å²) in [5, 5.41) is 8.70. The van der Waals surface area contributed by atoms with Crippen LogP contribution >= 0.6 is 0 Å². The molecule has 3 heterocycles. The Morgan fingerprint density at radius 3 is 2.84 bits per heavy atom. The van der Waals surface area contributed by atoms with Gasteiger partial charge >= 0.3 is 0 Å². The number of rotatable bonds is 3. The molecule has 0 saturated carbocycles.